The Labute approximate surface area is 571 Å². The van der Waals surface area contributed by atoms with Crippen LogP contribution in [0, 0.1) is 103 Å². The molecule has 0 saturated heterocycles. The summed E-state index contributed by atoms with van der Waals surface area (Å²) in [6.07, 6.45) is 0.936. The van der Waals surface area contributed by atoms with Gasteiger partial charge in [-0.15, -0.1) is 0 Å². The number of hydrogen-bond donors (Lipinski definition) is 3. The van der Waals surface area contributed by atoms with Crippen molar-refractivity contribution >= 4 is 56.9 Å². The van der Waals surface area contributed by atoms with Crippen LogP contribution in [0.1, 0.15) is 77.9 Å². The van der Waals surface area contributed by atoms with Crippen LogP contribution in [0.25, 0.3) is 44.5 Å². The number of nitro benzene ring substituents is 2. The van der Waals surface area contributed by atoms with Gasteiger partial charge in [-0.2, -0.15) is 0 Å². The zero-order chi connectivity index (χ0) is 69.2. The molecule has 0 atom stereocenters. The van der Waals surface area contributed by atoms with Crippen molar-refractivity contribution in [1.29, 1.82) is 0 Å². The van der Waals surface area contributed by atoms with Gasteiger partial charge in [0.2, 0.25) is 0 Å². The first-order valence-electron chi connectivity index (χ1n) is 32.7. The number of para-hydroxylation sites is 7. The van der Waals surface area contributed by atoms with Gasteiger partial charge >= 0.3 is 0 Å². The molecule has 0 aromatic heterocycles. The zero-order valence-electron chi connectivity index (χ0n) is 57.6. The minimum absolute atomic E-state index is 0.146. The summed E-state index contributed by atoms with van der Waals surface area (Å²) in [7, 11) is 0. The molecule has 13 rings (SSSR count). The predicted octanol–water partition coefficient (Wildman–Crippen LogP) is 22.7. The Kier molecular flexibility index (Phi) is 21.3. The van der Waals surface area contributed by atoms with Crippen molar-refractivity contribution in [2.24, 2.45) is 0 Å². The fourth-order valence-corrected chi connectivity index (χ4v) is 13.9. The van der Waals surface area contributed by atoms with Crippen molar-refractivity contribution in [3.05, 3.63) is 341 Å². The Morgan fingerprint density at radius 2 is 0.660 bits per heavy atom. The lowest BCUT2D eigenvalue weighted by atomic mass is 9.90. The summed E-state index contributed by atoms with van der Waals surface area (Å²) in [6, 6.07) is 80.8. The minimum atomic E-state index is -0.550. The van der Waals surface area contributed by atoms with E-state index >= 15 is 0 Å². The van der Waals surface area contributed by atoms with Crippen LogP contribution in [0.5, 0.6) is 0 Å². The summed E-state index contributed by atoms with van der Waals surface area (Å²) in [4.78, 5) is 25.7. The first-order chi connectivity index (χ1) is 46.6. The van der Waals surface area contributed by atoms with Crippen molar-refractivity contribution in [1.82, 2.24) is 0 Å². The van der Waals surface area contributed by atoms with Crippen molar-refractivity contribution in [2.45, 2.75) is 89.5 Å². The summed E-state index contributed by atoms with van der Waals surface area (Å²) < 4.78 is 0. The van der Waals surface area contributed by atoms with E-state index in [0.29, 0.717) is 0 Å². The molecule has 97 heavy (non-hydrogen) atoms. The summed E-state index contributed by atoms with van der Waals surface area (Å²) in [5.41, 5.74) is 46.5. The zero-order valence-corrected chi connectivity index (χ0v) is 57.6. The number of hydrogen-bond acceptors (Lipinski definition) is 9. The SMILES string of the molecule is Cc1cc(C)c(Cc2ccccc2-c2ccccc2Nc2c(C)cc(C)cc2C)c(C)c1.Cc1cc(C)c(N2CN(c3c(C)cc(C)cc3C)c3ccccc3-c3ccccc32)c(C)c1.Nc1ccccc1-c1ccccc1N.O=[N+]([O-])c1ccccc1-c1ccccc1[N+](=O)[O-]. The Bertz CT molecular complexity index is 4500. The summed E-state index contributed by atoms with van der Waals surface area (Å²) in [5.74, 6) is 0. The fourth-order valence-electron chi connectivity index (χ4n) is 13.9. The number of fused-ring (bicyclic) bond motifs is 3. The molecule has 488 valence electrons. The number of nitrogens with zero attached hydrogens (tertiary/aromatic N) is 4. The second kappa shape index (κ2) is 30.2. The van der Waals surface area contributed by atoms with Crippen molar-refractivity contribution in [3.8, 4) is 44.5 Å². The standard InChI is InChI=1S/C31H32N2.C31H33N.C12H8N2O4.C12H12N2/c1-20-15-22(3)30(23(4)16-20)32-19-33(31-24(5)17-21(2)18-25(31)6)29-14-10-8-12-27(29)26-11-7-9-13-28(26)32;1-20-15-22(3)29(23(4)16-20)19-26-11-7-8-12-27(26)28-13-9-10-14-30(28)32-31-24(5)17-21(2)18-25(31)6;15-13(16)11-7-3-1-5-9(11)10-6-2-4-8-12(10)14(17)18;13-11-7-3-1-5-9(11)10-6-2-4-8-12(10)14/h7-18H,19H2,1-6H3;7-18,32H,19H2,1-6H3;1-8H;1-8H,13-14H2. The van der Waals surface area contributed by atoms with Crippen LogP contribution in [-0.4, -0.2) is 16.5 Å². The molecule has 12 aromatic rings. The molecule has 5 N–H and O–H groups in total. The van der Waals surface area contributed by atoms with Crippen LogP contribution < -0.4 is 26.6 Å². The topological polar surface area (TPSA) is 157 Å². The van der Waals surface area contributed by atoms with Gasteiger partial charge in [-0.25, -0.2) is 0 Å². The van der Waals surface area contributed by atoms with Gasteiger partial charge in [0.25, 0.3) is 11.4 Å². The van der Waals surface area contributed by atoms with Gasteiger partial charge in [0.1, 0.15) is 6.67 Å². The maximum Gasteiger partial charge on any atom is 0.277 e. The molecule has 11 nitrogen and oxygen atoms in total. The highest BCUT2D eigenvalue weighted by Gasteiger charge is 2.30. The monoisotopic (exact) mass is 1280 g/mol. The van der Waals surface area contributed by atoms with Gasteiger partial charge < -0.3 is 26.6 Å². The fraction of sp³-hybridized carbons (Fsp3) is 0.163. The molecule has 0 saturated carbocycles. The minimum Gasteiger partial charge on any atom is -0.398 e. The van der Waals surface area contributed by atoms with Crippen LogP contribution in [-0.2, 0) is 6.42 Å². The van der Waals surface area contributed by atoms with Crippen LogP contribution in [0.4, 0.5) is 56.9 Å². The lowest BCUT2D eigenvalue weighted by Gasteiger charge is -2.35. The lowest BCUT2D eigenvalue weighted by Crippen LogP contribution is -2.33. The number of nitrogen functional groups attached to an aromatic ring is 2. The first-order valence-corrected chi connectivity index (χ1v) is 32.7. The van der Waals surface area contributed by atoms with E-state index in [0.717, 1.165) is 41.3 Å². The molecule has 0 amide bonds. The first kappa shape index (κ1) is 68.3. The summed E-state index contributed by atoms with van der Waals surface area (Å²) in [6.45, 7) is 27.2. The van der Waals surface area contributed by atoms with Gasteiger partial charge in [-0.1, -0.05) is 210 Å². The quantitative estimate of drug-likeness (QED) is 0.0651. The van der Waals surface area contributed by atoms with Crippen molar-refractivity contribution < 1.29 is 9.85 Å². The number of nitro groups is 2. The second-order valence-corrected chi connectivity index (χ2v) is 25.4. The average Bonchev–Trinajstić information content (AvgIpc) is 1.63. The molecule has 0 bridgehead atoms. The van der Waals surface area contributed by atoms with E-state index in [-0.39, 0.29) is 22.5 Å². The van der Waals surface area contributed by atoms with Crippen LogP contribution >= 0.6 is 0 Å². The summed E-state index contributed by atoms with van der Waals surface area (Å²) in [5, 5.41) is 25.6. The highest BCUT2D eigenvalue weighted by molar-refractivity contribution is 5.95. The summed E-state index contributed by atoms with van der Waals surface area (Å²) >= 11 is 0. The lowest BCUT2D eigenvalue weighted by molar-refractivity contribution is -0.386. The Hall–Kier alpha value is -11.6. The Morgan fingerprint density at radius 3 is 1.06 bits per heavy atom. The molecule has 0 fully saturated rings. The normalized spacial score (nSPS) is 11.3. The maximum atomic E-state index is 10.9. The van der Waals surface area contributed by atoms with Gasteiger partial charge in [0, 0.05) is 74.1 Å². The van der Waals surface area contributed by atoms with Gasteiger partial charge in [0.05, 0.1) is 32.3 Å². The van der Waals surface area contributed by atoms with Crippen molar-refractivity contribution in [3.63, 3.8) is 0 Å². The van der Waals surface area contributed by atoms with Gasteiger partial charge in [-0.3, -0.25) is 20.2 Å². The third kappa shape index (κ3) is 15.5. The largest absolute Gasteiger partial charge is 0.398 e. The number of nitrogens with two attached hydrogens (primary N) is 2. The molecule has 1 heterocycles. The van der Waals surface area contributed by atoms with E-state index in [9.17, 15) is 20.2 Å². The van der Waals surface area contributed by atoms with Crippen LogP contribution in [0.15, 0.2) is 243 Å². The molecule has 1 aliphatic rings. The predicted molar refractivity (Wildman–Crippen MR) is 407 cm³/mol. The molecular formula is C86H85N7O4. The molecule has 0 aliphatic carbocycles. The van der Waals surface area contributed by atoms with Crippen molar-refractivity contribution in [2.75, 3.05) is 33.3 Å². The second-order valence-electron chi connectivity index (χ2n) is 25.4. The smallest absolute Gasteiger partial charge is 0.277 e. The maximum absolute atomic E-state index is 10.9. The van der Waals surface area contributed by atoms with E-state index < -0.39 is 9.85 Å². The highest BCUT2D eigenvalue weighted by atomic mass is 16.6. The Balaban J connectivity index is 0.000000148. The van der Waals surface area contributed by atoms with Gasteiger partial charge in [-0.05, 0) is 193 Å². The molecule has 1 aliphatic heterocycles. The highest BCUT2D eigenvalue weighted by Crippen LogP contribution is 2.48. The van der Waals surface area contributed by atoms with E-state index in [2.05, 4.69) is 244 Å². The Morgan fingerprint density at radius 1 is 0.351 bits per heavy atom. The molecular weight excluding hydrogens is 1190 g/mol. The van der Waals surface area contributed by atoms with Crippen LogP contribution in [0.3, 0.4) is 0 Å². The third-order valence-corrected chi connectivity index (χ3v) is 17.9. The molecule has 0 radical (unpaired) electrons. The number of nitrogens with one attached hydrogen (secondary N) is 1. The number of anilines is 8. The van der Waals surface area contributed by atoms with E-state index in [4.69, 9.17) is 11.5 Å². The number of rotatable bonds is 11. The number of benzene rings is 12. The van der Waals surface area contributed by atoms with E-state index in [1.54, 1.807) is 12.1 Å². The van der Waals surface area contributed by atoms with Gasteiger partial charge in [0.15, 0.2) is 0 Å². The molecule has 0 spiro atoms. The van der Waals surface area contributed by atoms with Crippen LogP contribution in [0.2, 0.25) is 0 Å². The molecule has 11 heteroatoms. The average molecular weight is 1280 g/mol. The molecule has 0 unspecified atom stereocenters. The number of aryl methyl sites for hydroxylation is 12. The van der Waals surface area contributed by atoms with E-state index in [1.165, 1.54) is 165 Å². The molecule has 12 aromatic carbocycles. The van der Waals surface area contributed by atoms with E-state index in [1.807, 2.05) is 48.5 Å². The third-order valence-electron chi connectivity index (χ3n) is 17.9.